The van der Waals surface area contributed by atoms with Gasteiger partial charge in [-0.15, -0.1) is 0 Å². The van der Waals surface area contributed by atoms with Crippen molar-refractivity contribution in [1.82, 2.24) is 0 Å². The van der Waals surface area contributed by atoms with E-state index in [1.54, 1.807) is 0 Å². The highest BCUT2D eigenvalue weighted by Gasteiger charge is 2.06. The van der Waals surface area contributed by atoms with Gasteiger partial charge in [-0.3, -0.25) is 4.99 Å². The van der Waals surface area contributed by atoms with Crippen molar-refractivity contribution < 1.29 is 14.6 Å². The van der Waals surface area contributed by atoms with E-state index in [9.17, 15) is 4.79 Å². The summed E-state index contributed by atoms with van der Waals surface area (Å²) < 4.78 is 4.15. The van der Waals surface area contributed by atoms with Crippen LogP contribution in [0.2, 0.25) is 0 Å². The Balaban J connectivity index is 2.39. The van der Waals surface area contributed by atoms with Gasteiger partial charge in [0.25, 0.3) is 0 Å². The van der Waals surface area contributed by atoms with Crippen molar-refractivity contribution in [1.29, 1.82) is 0 Å². The summed E-state index contributed by atoms with van der Waals surface area (Å²) in [7, 11) is 0. The van der Waals surface area contributed by atoms with Crippen LogP contribution >= 0.6 is 0 Å². The number of carbonyl (C=O) groups is 1. The molecule has 5 nitrogen and oxygen atoms in total. The minimum Gasteiger partial charge on any atom is -0.449 e. The molecule has 0 bridgehead atoms. The third-order valence-corrected chi connectivity index (χ3v) is 0.715. The Kier molecular flexibility index (Phi) is 1.44. The molecule has 0 radical (unpaired) electrons. The summed E-state index contributed by atoms with van der Waals surface area (Å²) in [4.78, 5) is 16.9. The van der Waals surface area contributed by atoms with E-state index in [0.29, 0.717) is 0 Å². The second kappa shape index (κ2) is 2.25. The lowest BCUT2D eigenvalue weighted by Crippen LogP contribution is -2.10. The van der Waals surface area contributed by atoms with Crippen LogP contribution in [0.1, 0.15) is 0 Å². The van der Waals surface area contributed by atoms with Gasteiger partial charge in [-0.05, 0) is 0 Å². The predicted molar refractivity (Wildman–Crippen MR) is 29.9 cm³/mol. The first-order chi connectivity index (χ1) is 4.29. The van der Waals surface area contributed by atoms with E-state index in [1.165, 1.54) is 6.34 Å². The van der Waals surface area contributed by atoms with Crippen LogP contribution in [0.15, 0.2) is 9.98 Å². The summed E-state index contributed by atoms with van der Waals surface area (Å²) in [6, 6.07) is 0. The van der Waals surface area contributed by atoms with Gasteiger partial charge in [0.05, 0.1) is 0 Å². The zero-order chi connectivity index (χ0) is 6.69. The molecule has 0 spiro atoms. The molecule has 1 rings (SSSR count). The van der Waals surface area contributed by atoms with Crippen molar-refractivity contribution in [2.45, 2.75) is 0 Å². The molecule has 9 heavy (non-hydrogen) atoms. The Morgan fingerprint density at radius 1 is 1.89 bits per heavy atom. The Hall–Kier alpha value is -1.39. The molecule has 0 fully saturated rings. The fourth-order valence-electron chi connectivity index (χ4n) is 0.424. The van der Waals surface area contributed by atoms with Crippen LogP contribution in [0.4, 0.5) is 4.79 Å². The highest BCUT2D eigenvalue weighted by atomic mass is 16.7. The molecule has 0 saturated carbocycles. The van der Waals surface area contributed by atoms with Crippen LogP contribution < -0.4 is 0 Å². The molecule has 0 aromatic carbocycles. The highest BCUT2D eigenvalue weighted by molar-refractivity contribution is 5.95. The van der Waals surface area contributed by atoms with Crippen LogP contribution in [0.5, 0.6) is 0 Å². The molecular weight excluding hydrogens is 124 g/mol. The first kappa shape index (κ1) is 5.74. The first-order valence-corrected chi connectivity index (χ1v) is 2.25. The average Bonchev–Trinajstić information content (AvgIpc) is 2.15. The summed E-state index contributed by atoms with van der Waals surface area (Å²) in [5, 5.41) is 8.02. The maximum absolute atomic E-state index is 9.80. The van der Waals surface area contributed by atoms with Gasteiger partial charge in [-0.25, -0.2) is 9.79 Å². The van der Waals surface area contributed by atoms with Gasteiger partial charge < -0.3 is 9.84 Å². The number of aliphatic imine (C=N–C) groups is 2. The molecule has 1 heterocycles. The minimum absolute atomic E-state index is 0.127. The standard InChI is InChI=1S/C4H4N2O3/c7-4(8)9-3-1-5-2-6-3/h2H,1H2,(H,7,8). The third-order valence-electron chi connectivity index (χ3n) is 0.715. The van der Waals surface area contributed by atoms with E-state index in [0.717, 1.165) is 0 Å². The lowest BCUT2D eigenvalue weighted by atomic mass is 10.7. The van der Waals surface area contributed by atoms with Crippen molar-refractivity contribution in [2.24, 2.45) is 9.98 Å². The summed E-state index contributed by atoms with van der Waals surface area (Å²) in [5.41, 5.74) is 0. The molecule has 0 atom stereocenters. The van der Waals surface area contributed by atoms with Crippen LogP contribution in [0, 0.1) is 0 Å². The lowest BCUT2D eigenvalue weighted by molar-refractivity contribution is 0.140. The number of hydrogen-bond acceptors (Lipinski definition) is 4. The SMILES string of the molecule is O=C(O)OC1=NC=NC1. The molecular formula is C4H4N2O3. The van der Waals surface area contributed by atoms with E-state index < -0.39 is 6.16 Å². The van der Waals surface area contributed by atoms with Crippen LogP contribution in [-0.4, -0.2) is 30.0 Å². The molecule has 1 aliphatic heterocycles. The number of rotatable bonds is 0. The normalized spacial score (nSPS) is 15.3. The van der Waals surface area contributed by atoms with Crippen molar-refractivity contribution in [2.75, 3.05) is 6.54 Å². The molecule has 48 valence electrons. The number of hydrogen-bond donors (Lipinski definition) is 1. The van der Waals surface area contributed by atoms with Crippen molar-refractivity contribution >= 4 is 18.4 Å². The van der Waals surface area contributed by atoms with E-state index in [2.05, 4.69) is 14.7 Å². The van der Waals surface area contributed by atoms with Crippen molar-refractivity contribution in [3.63, 3.8) is 0 Å². The van der Waals surface area contributed by atoms with Gasteiger partial charge in [0.1, 0.15) is 12.9 Å². The summed E-state index contributed by atoms with van der Waals surface area (Å²) >= 11 is 0. The maximum atomic E-state index is 9.80. The van der Waals surface area contributed by atoms with Crippen LogP contribution in [-0.2, 0) is 4.74 Å². The largest absolute Gasteiger partial charge is 0.512 e. The predicted octanol–water partition coefficient (Wildman–Crippen LogP) is 0.121. The molecule has 1 aliphatic rings. The van der Waals surface area contributed by atoms with Crippen LogP contribution in [0.25, 0.3) is 0 Å². The van der Waals surface area contributed by atoms with Gasteiger partial charge in [0, 0.05) is 0 Å². The molecule has 0 unspecified atom stereocenters. The molecule has 0 saturated heterocycles. The molecule has 1 N–H and O–H groups in total. The Morgan fingerprint density at radius 3 is 3.11 bits per heavy atom. The lowest BCUT2D eigenvalue weighted by Gasteiger charge is -1.92. The van der Waals surface area contributed by atoms with Gasteiger partial charge >= 0.3 is 6.16 Å². The monoisotopic (exact) mass is 128 g/mol. The minimum atomic E-state index is -1.35. The van der Waals surface area contributed by atoms with Gasteiger partial charge in [0.2, 0.25) is 5.90 Å². The Bertz CT molecular complexity index is 184. The molecule has 5 heteroatoms. The second-order valence-corrected chi connectivity index (χ2v) is 1.35. The molecule has 0 aromatic heterocycles. The number of carboxylic acid groups (broad SMARTS) is 1. The van der Waals surface area contributed by atoms with Crippen molar-refractivity contribution in [3.05, 3.63) is 0 Å². The summed E-state index contributed by atoms with van der Waals surface area (Å²) in [5.74, 6) is 0.127. The number of ether oxygens (including phenoxy) is 1. The quantitative estimate of drug-likeness (QED) is 0.471. The van der Waals surface area contributed by atoms with E-state index in [1.807, 2.05) is 0 Å². The van der Waals surface area contributed by atoms with Gasteiger partial charge in [-0.2, -0.15) is 0 Å². The Labute approximate surface area is 50.7 Å². The van der Waals surface area contributed by atoms with Crippen LogP contribution in [0.3, 0.4) is 0 Å². The van der Waals surface area contributed by atoms with Gasteiger partial charge in [0.15, 0.2) is 0 Å². The summed E-state index contributed by atoms with van der Waals surface area (Å²) in [6.07, 6.45) is -0.0857. The zero-order valence-electron chi connectivity index (χ0n) is 4.44. The fourth-order valence-corrected chi connectivity index (χ4v) is 0.424. The number of nitrogens with zero attached hydrogens (tertiary/aromatic N) is 2. The maximum Gasteiger partial charge on any atom is 0.512 e. The molecule has 0 amide bonds. The molecule has 0 aromatic rings. The topological polar surface area (TPSA) is 71.2 Å². The zero-order valence-corrected chi connectivity index (χ0v) is 4.44. The van der Waals surface area contributed by atoms with Crippen molar-refractivity contribution in [3.8, 4) is 0 Å². The Morgan fingerprint density at radius 2 is 2.67 bits per heavy atom. The third kappa shape index (κ3) is 1.52. The summed E-state index contributed by atoms with van der Waals surface area (Å²) in [6.45, 7) is 0.228. The second-order valence-electron chi connectivity index (χ2n) is 1.35. The highest BCUT2D eigenvalue weighted by Crippen LogP contribution is 1.90. The molecule has 0 aliphatic carbocycles. The average molecular weight is 128 g/mol. The van der Waals surface area contributed by atoms with E-state index in [-0.39, 0.29) is 12.4 Å². The first-order valence-electron chi connectivity index (χ1n) is 2.25. The van der Waals surface area contributed by atoms with Gasteiger partial charge in [-0.1, -0.05) is 0 Å². The smallest absolute Gasteiger partial charge is 0.449 e. The fraction of sp³-hybridized carbons (Fsp3) is 0.250. The van der Waals surface area contributed by atoms with E-state index >= 15 is 0 Å². The van der Waals surface area contributed by atoms with E-state index in [4.69, 9.17) is 5.11 Å².